The Morgan fingerprint density at radius 1 is 0.417 bits per heavy atom. The van der Waals surface area contributed by atoms with Crippen LogP contribution in [0.1, 0.15) is 239 Å². The van der Waals surface area contributed by atoms with Gasteiger partial charge in [-0.3, -0.25) is 4.79 Å². The average Bonchev–Trinajstić information content (AvgIpc) is 2.87. The van der Waals surface area contributed by atoms with Gasteiger partial charge in [0.15, 0.2) is 18.9 Å². The normalized spacial score (nSPS) is 29.4. The van der Waals surface area contributed by atoms with Crippen LogP contribution in [0, 0.1) is 0 Å². The monoisotopic (exact) mass is 1200 g/mol. The minimum Gasteiger partial charge on any atom is -0.394 e. The van der Waals surface area contributed by atoms with Gasteiger partial charge in [-0.25, -0.2) is 0 Å². The summed E-state index contributed by atoms with van der Waals surface area (Å²) in [4.78, 5) is 13.4. The van der Waals surface area contributed by atoms with Crippen molar-refractivity contribution in [2.75, 3.05) is 26.4 Å². The Labute approximate surface area is 504 Å². The molecule has 0 aromatic heterocycles. The van der Waals surface area contributed by atoms with Crippen LogP contribution in [0.4, 0.5) is 0 Å². The molecule has 3 aliphatic heterocycles. The van der Waals surface area contributed by atoms with Gasteiger partial charge in [0, 0.05) is 6.42 Å². The van der Waals surface area contributed by atoms with E-state index in [1.165, 1.54) is 161 Å². The highest BCUT2D eigenvalue weighted by Crippen LogP contribution is 2.33. The highest BCUT2D eigenvalue weighted by molar-refractivity contribution is 5.76. The van der Waals surface area contributed by atoms with Crippen molar-refractivity contribution in [3.63, 3.8) is 0 Å². The number of amides is 1. The summed E-state index contributed by atoms with van der Waals surface area (Å²) in [6.07, 6.45) is 26.9. The molecule has 1 amide bonds. The van der Waals surface area contributed by atoms with Gasteiger partial charge in [-0.15, -0.1) is 0 Å². The number of ether oxygens (including phenoxy) is 6. The molecule has 0 aromatic carbocycles. The first-order chi connectivity index (χ1) is 40.8. The lowest BCUT2D eigenvalue weighted by molar-refractivity contribution is -0.379. The van der Waals surface area contributed by atoms with E-state index in [2.05, 4.69) is 43.5 Å². The van der Waals surface area contributed by atoms with E-state index in [4.69, 9.17) is 28.4 Å². The molecule has 3 heterocycles. The first-order valence-corrected chi connectivity index (χ1v) is 33.2. The van der Waals surface area contributed by atoms with Crippen molar-refractivity contribution in [3.8, 4) is 0 Å². The number of carbonyl (C=O) groups is 1. The number of carbonyl (C=O) groups excluding carboxylic acids is 1. The van der Waals surface area contributed by atoms with Gasteiger partial charge < -0.3 is 89.9 Å². The SMILES string of the molecule is CCCCCCCCCCCCCC/C=C/CC/C=C/CC/C=C/C(O)C(COC1OC(CO)C(OC2OC(CO)C(OC3OC(CO)C(O)C(O)C3O)C(O)C2O)C(O)C1O)NC(=O)CCCCCCCCCCCCCCCCCCC. The molecular weight excluding hydrogens is 1080 g/mol. The molecule has 19 heteroatoms. The third-order valence-electron chi connectivity index (χ3n) is 16.7. The van der Waals surface area contributed by atoms with E-state index in [9.17, 15) is 61.0 Å². The number of rotatable bonds is 50. The van der Waals surface area contributed by atoms with E-state index in [-0.39, 0.29) is 18.9 Å². The van der Waals surface area contributed by atoms with Crippen LogP contribution < -0.4 is 5.32 Å². The molecule has 3 fully saturated rings. The summed E-state index contributed by atoms with van der Waals surface area (Å²) in [6.45, 7) is 1.72. The van der Waals surface area contributed by atoms with Gasteiger partial charge in [-0.1, -0.05) is 224 Å². The summed E-state index contributed by atoms with van der Waals surface area (Å²) in [5.41, 5.74) is 0. The van der Waals surface area contributed by atoms with Crippen LogP contribution in [-0.2, 0) is 33.2 Å². The number of nitrogens with one attached hydrogen (secondary N) is 1. The van der Waals surface area contributed by atoms with Gasteiger partial charge >= 0.3 is 0 Å². The van der Waals surface area contributed by atoms with Gasteiger partial charge in [-0.05, 0) is 44.9 Å². The van der Waals surface area contributed by atoms with E-state index >= 15 is 0 Å². The summed E-state index contributed by atoms with van der Waals surface area (Å²) >= 11 is 0. The molecule has 0 aliphatic carbocycles. The fourth-order valence-corrected chi connectivity index (χ4v) is 11.2. The molecule has 0 radical (unpaired) electrons. The molecule has 12 N–H and O–H groups in total. The second-order valence-corrected chi connectivity index (χ2v) is 23.9. The summed E-state index contributed by atoms with van der Waals surface area (Å²) in [5, 5.41) is 120. The third kappa shape index (κ3) is 30.5. The number of unbranched alkanes of at least 4 members (excludes halogenated alkanes) is 30. The van der Waals surface area contributed by atoms with Crippen molar-refractivity contribution < 1.29 is 89.4 Å². The maximum Gasteiger partial charge on any atom is 0.220 e. The minimum atomic E-state index is -1.98. The summed E-state index contributed by atoms with van der Waals surface area (Å²) in [6, 6.07) is -0.993. The quantitative estimate of drug-likeness (QED) is 0.0205. The van der Waals surface area contributed by atoms with E-state index in [1.807, 2.05) is 6.08 Å². The van der Waals surface area contributed by atoms with Gasteiger partial charge in [-0.2, -0.15) is 0 Å². The van der Waals surface area contributed by atoms with Crippen molar-refractivity contribution >= 4 is 5.91 Å². The molecular formula is C65H119NO18. The van der Waals surface area contributed by atoms with E-state index in [1.54, 1.807) is 6.08 Å². The maximum absolute atomic E-state index is 13.4. The molecule has 0 aromatic rings. The Balaban J connectivity index is 1.49. The van der Waals surface area contributed by atoms with Crippen LogP contribution in [0.5, 0.6) is 0 Å². The average molecular weight is 1200 g/mol. The van der Waals surface area contributed by atoms with Crippen LogP contribution in [0.2, 0.25) is 0 Å². The van der Waals surface area contributed by atoms with Crippen molar-refractivity contribution in [2.24, 2.45) is 0 Å². The molecule has 19 nitrogen and oxygen atoms in total. The van der Waals surface area contributed by atoms with Gasteiger partial charge in [0.2, 0.25) is 5.91 Å². The predicted molar refractivity (Wildman–Crippen MR) is 323 cm³/mol. The van der Waals surface area contributed by atoms with E-state index in [0.717, 1.165) is 44.9 Å². The Morgan fingerprint density at radius 3 is 1.19 bits per heavy atom. The standard InChI is InChI=1S/C65H119NO18/c1-3-5-7-9-11-13-15-17-19-21-22-23-24-25-27-28-30-32-34-36-38-40-42-49(70)48(66-53(71)43-41-39-37-35-33-31-29-26-20-18-16-14-12-10-8-6-4-2)47-79-63-59(77)56(74)61(51(45-68)81-63)84-65-60(78)57(75)62(52(46-69)82-65)83-64-58(76)55(73)54(72)50(44-67)80-64/h25,27,32,34,40,42,48-52,54-65,67-70,72-78H,3-24,26,28-31,33,35-39,41,43-47H2,1-2H3,(H,66,71)/b27-25+,34-32+,42-40+. The van der Waals surface area contributed by atoms with Crippen LogP contribution in [-0.4, -0.2) is 193 Å². The van der Waals surface area contributed by atoms with Crippen molar-refractivity contribution in [1.82, 2.24) is 5.32 Å². The van der Waals surface area contributed by atoms with E-state index in [0.29, 0.717) is 12.8 Å². The second-order valence-electron chi connectivity index (χ2n) is 23.9. The summed E-state index contributed by atoms with van der Waals surface area (Å²) < 4.78 is 34.3. The second kappa shape index (κ2) is 47.9. The molecule has 3 rings (SSSR count). The Morgan fingerprint density at radius 2 is 0.762 bits per heavy atom. The maximum atomic E-state index is 13.4. The van der Waals surface area contributed by atoms with Gasteiger partial charge in [0.25, 0.3) is 0 Å². The first kappa shape index (κ1) is 76.3. The molecule has 0 spiro atoms. The molecule has 17 unspecified atom stereocenters. The fourth-order valence-electron chi connectivity index (χ4n) is 11.2. The van der Waals surface area contributed by atoms with Crippen LogP contribution in [0.3, 0.4) is 0 Å². The lowest BCUT2D eigenvalue weighted by Gasteiger charge is -2.48. The topological polar surface area (TPSA) is 307 Å². The molecule has 3 saturated heterocycles. The minimum absolute atomic E-state index is 0.235. The number of hydrogen-bond acceptors (Lipinski definition) is 18. The lowest BCUT2D eigenvalue weighted by atomic mass is 9.96. The molecule has 0 bridgehead atoms. The highest BCUT2D eigenvalue weighted by Gasteiger charge is 2.53. The number of allylic oxidation sites excluding steroid dienone is 5. The zero-order valence-corrected chi connectivity index (χ0v) is 51.6. The summed E-state index contributed by atoms with van der Waals surface area (Å²) in [5.74, 6) is -0.287. The van der Waals surface area contributed by atoms with Crippen molar-refractivity contribution in [3.05, 3.63) is 36.5 Å². The molecule has 3 aliphatic rings. The number of aliphatic hydroxyl groups excluding tert-OH is 11. The fraction of sp³-hybridized carbons (Fsp3) is 0.892. The van der Waals surface area contributed by atoms with Crippen LogP contribution >= 0.6 is 0 Å². The molecule has 17 atom stereocenters. The summed E-state index contributed by atoms with van der Waals surface area (Å²) in [7, 11) is 0. The predicted octanol–water partition coefficient (Wildman–Crippen LogP) is 7.66. The van der Waals surface area contributed by atoms with Crippen molar-refractivity contribution in [1.29, 1.82) is 0 Å². The van der Waals surface area contributed by atoms with Gasteiger partial charge in [0.1, 0.15) is 73.2 Å². The first-order valence-electron chi connectivity index (χ1n) is 33.2. The Kier molecular flexibility index (Phi) is 43.5. The van der Waals surface area contributed by atoms with Crippen LogP contribution in [0.15, 0.2) is 36.5 Å². The smallest absolute Gasteiger partial charge is 0.220 e. The Hall–Kier alpha value is -1.99. The third-order valence-corrected chi connectivity index (χ3v) is 16.7. The number of aliphatic hydroxyl groups is 11. The zero-order valence-electron chi connectivity index (χ0n) is 51.6. The van der Waals surface area contributed by atoms with Crippen LogP contribution in [0.25, 0.3) is 0 Å². The van der Waals surface area contributed by atoms with Crippen molar-refractivity contribution in [2.45, 2.75) is 343 Å². The zero-order chi connectivity index (χ0) is 61.2. The number of hydrogen-bond donors (Lipinski definition) is 12. The molecule has 0 saturated carbocycles. The highest BCUT2D eigenvalue weighted by atomic mass is 16.8. The van der Waals surface area contributed by atoms with Gasteiger partial charge in [0.05, 0.1) is 38.6 Å². The Bertz CT molecular complexity index is 1670. The molecule has 492 valence electrons. The largest absolute Gasteiger partial charge is 0.394 e. The van der Waals surface area contributed by atoms with E-state index < -0.39 is 124 Å². The molecule has 84 heavy (non-hydrogen) atoms. The lowest BCUT2D eigenvalue weighted by Crippen LogP contribution is -2.66.